The first-order valence-corrected chi connectivity index (χ1v) is 9.67. The van der Waals surface area contributed by atoms with Crippen molar-refractivity contribution >= 4 is 28.9 Å². The van der Waals surface area contributed by atoms with Crippen LogP contribution in [0.5, 0.6) is 0 Å². The molecule has 1 saturated heterocycles. The van der Waals surface area contributed by atoms with Crippen LogP contribution in [0, 0.1) is 0 Å². The molecule has 2 aromatic heterocycles. The zero-order valence-corrected chi connectivity index (χ0v) is 16.5. The van der Waals surface area contributed by atoms with E-state index >= 15 is 0 Å². The lowest BCUT2D eigenvalue weighted by molar-refractivity contribution is 0.0988. The second kappa shape index (κ2) is 8.55. The summed E-state index contributed by atoms with van der Waals surface area (Å²) in [6.07, 6.45) is 5.09. The van der Waals surface area contributed by atoms with E-state index in [1.807, 2.05) is 24.3 Å². The Morgan fingerprint density at radius 2 is 1.97 bits per heavy atom. The van der Waals surface area contributed by atoms with Crippen molar-refractivity contribution in [3.8, 4) is 11.3 Å². The van der Waals surface area contributed by atoms with E-state index in [0.717, 1.165) is 24.3 Å². The van der Waals surface area contributed by atoms with E-state index in [1.54, 1.807) is 18.5 Å². The summed E-state index contributed by atoms with van der Waals surface area (Å²) in [5, 5.41) is 0.534. The minimum absolute atomic E-state index is 0.0996. The number of nitrogens with zero attached hydrogens (tertiary/aromatic N) is 4. The van der Waals surface area contributed by atoms with Gasteiger partial charge in [-0.05, 0) is 12.1 Å². The number of hydrogen-bond donors (Lipinski definition) is 1. The number of halogens is 1. The van der Waals surface area contributed by atoms with E-state index in [4.69, 9.17) is 22.1 Å². The number of rotatable bonds is 5. The molecule has 29 heavy (non-hydrogen) atoms. The van der Waals surface area contributed by atoms with Crippen LogP contribution < -0.4 is 10.6 Å². The maximum atomic E-state index is 13.1. The molecule has 0 aliphatic carbocycles. The molecule has 7 nitrogen and oxygen atoms in total. The summed E-state index contributed by atoms with van der Waals surface area (Å²) >= 11 is 6.26. The number of Topliss-reactive ketones (excluding diaryl/α,β-unsaturated/α-hetero) is 1. The zero-order chi connectivity index (χ0) is 20.2. The molecule has 1 aliphatic rings. The summed E-state index contributed by atoms with van der Waals surface area (Å²) in [7, 11) is 0. The number of carbonyl (C=O) groups excluding carboxylic acids is 1. The molecular weight excluding hydrogens is 390 g/mol. The van der Waals surface area contributed by atoms with E-state index < -0.39 is 0 Å². The van der Waals surface area contributed by atoms with E-state index in [2.05, 4.69) is 19.9 Å². The first-order valence-electron chi connectivity index (χ1n) is 9.29. The SMILES string of the molecule is Nc1ncc(-c2ccccc2Cl)nc1C(=O)Cc1cnccc1N1CCOCC1. The van der Waals surface area contributed by atoms with Gasteiger partial charge < -0.3 is 15.4 Å². The number of pyridine rings is 1. The van der Waals surface area contributed by atoms with Crippen LogP contribution in [-0.2, 0) is 11.2 Å². The molecular formula is C21H20ClN5O2. The van der Waals surface area contributed by atoms with Crippen molar-refractivity contribution in [2.75, 3.05) is 36.9 Å². The van der Waals surface area contributed by atoms with Gasteiger partial charge in [0.15, 0.2) is 11.6 Å². The summed E-state index contributed by atoms with van der Waals surface area (Å²) < 4.78 is 5.42. The van der Waals surface area contributed by atoms with Gasteiger partial charge in [-0.1, -0.05) is 29.8 Å². The predicted molar refractivity (Wildman–Crippen MR) is 112 cm³/mol. The quantitative estimate of drug-likeness (QED) is 0.647. The van der Waals surface area contributed by atoms with Crippen molar-refractivity contribution in [1.82, 2.24) is 15.0 Å². The van der Waals surface area contributed by atoms with E-state index in [9.17, 15) is 4.79 Å². The highest BCUT2D eigenvalue weighted by molar-refractivity contribution is 6.33. The number of aromatic nitrogens is 3. The third-order valence-corrected chi connectivity index (χ3v) is 5.12. The van der Waals surface area contributed by atoms with Gasteiger partial charge in [0.1, 0.15) is 5.69 Å². The summed E-state index contributed by atoms with van der Waals surface area (Å²) in [5.74, 6) is -0.117. The number of nitrogen functional groups attached to an aromatic ring is 1. The van der Waals surface area contributed by atoms with Gasteiger partial charge in [-0.3, -0.25) is 9.78 Å². The second-order valence-electron chi connectivity index (χ2n) is 6.67. The van der Waals surface area contributed by atoms with Crippen LogP contribution >= 0.6 is 11.6 Å². The topological polar surface area (TPSA) is 94.2 Å². The molecule has 0 spiro atoms. The minimum atomic E-state index is -0.216. The highest BCUT2D eigenvalue weighted by Gasteiger charge is 2.20. The molecule has 3 heterocycles. The predicted octanol–water partition coefficient (Wildman–Crippen LogP) is 3.04. The van der Waals surface area contributed by atoms with E-state index in [-0.39, 0.29) is 23.7 Å². The van der Waals surface area contributed by atoms with Crippen molar-refractivity contribution in [2.24, 2.45) is 0 Å². The lowest BCUT2D eigenvalue weighted by Gasteiger charge is -2.30. The Kier molecular flexibility index (Phi) is 5.69. The molecule has 0 amide bonds. The molecule has 0 unspecified atom stereocenters. The fraction of sp³-hybridized carbons (Fsp3) is 0.238. The van der Waals surface area contributed by atoms with Crippen molar-refractivity contribution in [3.63, 3.8) is 0 Å². The van der Waals surface area contributed by atoms with Gasteiger partial charge >= 0.3 is 0 Å². The molecule has 1 aliphatic heterocycles. The van der Waals surface area contributed by atoms with Gasteiger partial charge in [0.2, 0.25) is 0 Å². The first-order chi connectivity index (χ1) is 14.1. The van der Waals surface area contributed by atoms with Gasteiger partial charge in [0.25, 0.3) is 0 Å². The fourth-order valence-corrected chi connectivity index (χ4v) is 3.56. The molecule has 1 fully saturated rings. The highest BCUT2D eigenvalue weighted by atomic mass is 35.5. The Morgan fingerprint density at radius 3 is 2.76 bits per heavy atom. The van der Waals surface area contributed by atoms with Gasteiger partial charge in [0.05, 0.1) is 30.1 Å². The number of ether oxygens (including phenoxy) is 1. The average Bonchev–Trinajstić information content (AvgIpc) is 2.75. The van der Waals surface area contributed by atoms with Crippen molar-refractivity contribution < 1.29 is 9.53 Å². The van der Waals surface area contributed by atoms with Gasteiger partial charge in [-0.2, -0.15) is 0 Å². The lowest BCUT2D eigenvalue weighted by Crippen LogP contribution is -2.37. The second-order valence-corrected chi connectivity index (χ2v) is 7.08. The van der Waals surface area contributed by atoms with Crippen LogP contribution in [0.2, 0.25) is 5.02 Å². The Hall–Kier alpha value is -3.03. The molecule has 0 atom stereocenters. The number of hydrogen-bond acceptors (Lipinski definition) is 7. The van der Waals surface area contributed by atoms with Crippen LogP contribution in [0.25, 0.3) is 11.3 Å². The molecule has 2 N–H and O–H groups in total. The summed E-state index contributed by atoms with van der Waals surface area (Å²) in [6.45, 7) is 2.87. The Bertz CT molecular complexity index is 1040. The number of morpholine rings is 1. The Morgan fingerprint density at radius 1 is 1.17 bits per heavy atom. The first kappa shape index (κ1) is 19.3. The van der Waals surface area contributed by atoms with Gasteiger partial charge in [0, 0.05) is 48.7 Å². The van der Waals surface area contributed by atoms with Gasteiger partial charge in [-0.15, -0.1) is 0 Å². The number of carbonyl (C=O) groups is 1. The summed E-state index contributed by atoms with van der Waals surface area (Å²) in [5.41, 5.74) is 9.12. The maximum Gasteiger partial charge on any atom is 0.189 e. The van der Waals surface area contributed by atoms with Crippen LogP contribution in [-0.4, -0.2) is 47.0 Å². The number of anilines is 2. The molecule has 148 valence electrons. The molecule has 4 rings (SSSR count). The molecule has 0 saturated carbocycles. The minimum Gasteiger partial charge on any atom is -0.382 e. The number of benzene rings is 1. The summed E-state index contributed by atoms with van der Waals surface area (Å²) in [4.78, 5) is 28.1. The lowest BCUT2D eigenvalue weighted by atomic mass is 10.1. The van der Waals surface area contributed by atoms with E-state index in [1.165, 1.54) is 6.20 Å². The largest absolute Gasteiger partial charge is 0.382 e. The zero-order valence-electron chi connectivity index (χ0n) is 15.7. The molecule has 0 radical (unpaired) electrons. The van der Waals surface area contributed by atoms with E-state index in [0.29, 0.717) is 29.5 Å². The standard InChI is InChI=1S/C21H20ClN5O2/c22-16-4-2-1-3-15(16)17-13-25-21(23)20(26-17)19(28)11-14-12-24-6-5-18(14)27-7-9-29-10-8-27/h1-6,12-13H,7-11H2,(H2,23,25). The molecule has 1 aromatic carbocycles. The highest BCUT2D eigenvalue weighted by Crippen LogP contribution is 2.27. The van der Waals surface area contributed by atoms with Crippen LogP contribution in [0.4, 0.5) is 11.5 Å². The Labute approximate surface area is 173 Å². The molecule has 8 heteroatoms. The summed E-state index contributed by atoms with van der Waals surface area (Å²) in [6, 6.07) is 9.20. The monoisotopic (exact) mass is 409 g/mol. The maximum absolute atomic E-state index is 13.1. The smallest absolute Gasteiger partial charge is 0.189 e. The van der Waals surface area contributed by atoms with Crippen molar-refractivity contribution in [1.29, 1.82) is 0 Å². The number of nitrogens with two attached hydrogens (primary N) is 1. The molecule has 3 aromatic rings. The van der Waals surface area contributed by atoms with Crippen molar-refractivity contribution in [3.05, 3.63) is 65.2 Å². The number of ketones is 1. The molecule has 0 bridgehead atoms. The normalized spacial score (nSPS) is 14.0. The van der Waals surface area contributed by atoms with Crippen LogP contribution in [0.15, 0.2) is 48.9 Å². The third-order valence-electron chi connectivity index (χ3n) is 4.80. The Balaban J connectivity index is 1.63. The third kappa shape index (κ3) is 4.21. The van der Waals surface area contributed by atoms with Crippen molar-refractivity contribution in [2.45, 2.75) is 6.42 Å². The van der Waals surface area contributed by atoms with Crippen LogP contribution in [0.3, 0.4) is 0 Å². The van der Waals surface area contributed by atoms with Gasteiger partial charge in [-0.25, -0.2) is 9.97 Å². The van der Waals surface area contributed by atoms with Crippen LogP contribution in [0.1, 0.15) is 16.1 Å². The fourth-order valence-electron chi connectivity index (χ4n) is 3.33. The average molecular weight is 410 g/mol.